The Bertz CT molecular complexity index is 966. The van der Waals surface area contributed by atoms with E-state index < -0.39 is 47.9 Å². The predicted octanol–water partition coefficient (Wildman–Crippen LogP) is 3.67. The summed E-state index contributed by atoms with van der Waals surface area (Å²) in [5.74, 6) is 0. The number of non-ortho nitro benzene ring substituents is 2. The van der Waals surface area contributed by atoms with Gasteiger partial charge in [0, 0.05) is 12.1 Å². The average molecular weight is 398 g/mol. The molecule has 13 nitrogen and oxygen atoms in total. The molecular weight excluding hydrogens is 390 g/mol. The Morgan fingerprint density at radius 2 is 1.22 bits per heavy atom. The summed E-state index contributed by atoms with van der Waals surface area (Å²) >= 11 is 6.06. The van der Waals surface area contributed by atoms with E-state index in [4.69, 9.17) is 11.6 Å². The van der Waals surface area contributed by atoms with Crippen molar-refractivity contribution in [2.24, 2.45) is 0 Å². The van der Waals surface area contributed by atoms with E-state index in [-0.39, 0.29) is 11.3 Å². The molecule has 1 unspecified atom stereocenters. The highest BCUT2D eigenvalue weighted by Crippen LogP contribution is 2.36. The molecule has 1 atom stereocenters. The number of nitrogens with zero attached hydrogens (tertiary/aromatic N) is 4. The summed E-state index contributed by atoms with van der Waals surface area (Å²) in [5, 5.41) is 46.2. The number of hydrogen-bond donors (Lipinski definition) is 1. The second kappa shape index (κ2) is 7.57. The molecular formula is C13H8ClN5O8. The third-order valence-electron chi connectivity index (χ3n) is 3.37. The maximum atomic E-state index is 11.2. The monoisotopic (exact) mass is 397 g/mol. The first-order valence-corrected chi connectivity index (χ1v) is 7.31. The minimum absolute atomic E-state index is 0.181. The van der Waals surface area contributed by atoms with Crippen LogP contribution in [0.5, 0.6) is 0 Å². The highest BCUT2D eigenvalue weighted by atomic mass is 35.5. The second-order valence-electron chi connectivity index (χ2n) is 4.98. The Kier molecular flexibility index (Phi) is 5.45. The highest BCUT2D eigenvalue weighted by Gasteiger charge is 2.27. The number of halogens is 1. The zero-order chi connectivity index (χ0) is 20.3. The third kappa shape index (κ3) is 4.21. The number of benzene rings is 2. The van der Waals surface area contributed by atoms with Gasteiger partial charge >= 0.3 is 0 Å². The van der Waals surface area contributed by atoms with Gasteiger partial charge in [0.15, 0.2) is 0 Å². The van der Waals surface area contributed by atoms with Crippen molar-refractivity contribution in [2.45, 2.75) is 5.50 Å². The molecule has 2 aromatic carbocycles. The number of rotatable bonds is 7. The first-order chi connectivity index (χ1) is 12.6. The molecule has 0 saturated heterocycles. The van der Waals surface area contributed by atoms with Gasteiger partial charge in [0.2, 0.25) is 0 Å². The summed E-state index contributed by atoms with van der Waals surface area (Å²) in [6.45, 7) is 0. The molecule has 0 fully saturated rings. The van der Waals surface area contributed by atoms with Crippen molar-refractivity contribution < 1.29 is 19.7 Å². The largest absolute Gasteiger partial charge is 0.360 e. The third-order valence-corrected chi connectivity index (χ3v) is 3.71. The van der Waals surface area contributed by atoms with E-state index in [1.54, 1.807) is 0 Å². The van der Waals surface area contributed by atoms with Gasteiger partial charge in [0.25, 0.3) is 22.7 Å². The van der Waals surface area contributed by atoms with Crippen LogP contribution < -0.4 is 5.32 Å². The summed E-state index contributed by atoms with van der Waals surface area (Å²) in [6.07, 6.45) is 0. The van der Waals surface area contributed by atoms with Gasteiger partial charge in [-0.1, -0.05) is 11.6 Å². The van der Waals surface area contributed by atoms with Crippen LogP contribution in [0.2, 0.25) is 0 Å². The molecule has 0 bridgehead atoms. The number of nitro groups is 4. The lowest BCUT2D eigenvalue weighted by Gasteiger charge is -2.14. The lowest BCUT2D eigenvalue weighted by atomic mass is 10.1. The van der Waals surface area contributed by atoms with Crippen molar-refractivity contribution in [1.82, 2.24) is 0 Å². The van der Waals surface area contributed by atoms with Gasteiger partial charge in [-0.05, 0) is 12.1 Å². The molecule has 0 spiro atoms. The zero-order valence-corrected chi connectivity index (χ0v) is 13.7. The van der Waals surface area contributed by atoms with Gasteiger partial charge in [-0.15, -0.1) is 0 Å². The van der Waals surface area contributed by atoms with Crippen LogP contribution in [0.25, 0.3) is 0 Å². The van der Waals surface area contributed by atoms with E-state index in [0.717, 1.165) is 24.3 Å². The fraction of sp³-hybridized carbons (Fsp3) is 0.0769. The van der Waals surface area contributed by atoms with Crippen LogP contribution in [0, 0.1) is 40.5 Å². The summed E-state index contributed by atoms with van der Waals surface area (Å²) in [5.41, 5.74) is -4.18. The number of anilines is 1. The first kappa shape index (κ1) is 19.5. The smallest absolute Gasteiger partial charge is 0.299 e. The first-order valence-electron chi connectivity index (χ1n) is 6.88. The molecule has 0 saturated carbocycles. The summed E-state index contributed by atoms with van der Waals surface area (Å²) in [7, 11) is 0. The molecule has 0 aliphatic carbocycles. The van der Waals surface area contributed by atoms with E-state index >= 15 is 0 Å². The normalized spacial score (nSPS) is 11.4. The molecule has 0 aliphatic heterocycles. The fourth-order valence-electron chi connectivity index (χ4n) is 2.14. The number of nitro benzene ring substituents is 4. The van der Waals surface area contributed by atoms with Crippen LogP contribution in [-0.2, 0) is 0 Å². The van der Waals surface area contributed by atoms with Crippen LogP contribution in [0.1, 0.15) is 11.1 Å². The van der Waals surface area contributed by atoms with E-state index in [1.165, 1.54) is 0 Å². The molecule has 14 heteroatoms. The maximum absolute atomic E-state index is 11.2. The zero-order valence-electron chi connectivity index (χ0n) is 13.0. The topological polar surface area (TPSA) is 185 Å². The summed E-state index contributed by atoms with van der Waals surface area (Å²) in [6, 6.07) is 5.46. The van der Waals surface area contributed by atoms with Crippen molar-refractivity contribution in [2.75, 3.05) is 5.32 Å². The van der Waals surface area contributed by atoms with Crippen LogP contribution >= 0.6 is 11.6 Å². The molecule has 1 N–H and O–H groups in total. The Labute approximate surface area is 153 Å². The van der Waals surface area contributed by atoms with Gasteiger partial charge in [-0.2, -0.15) is 0 Å². The molecule has 0 radical (unpaired) electrons. The van der Waals surface area contributed by atoms with Gasteiger partial charge in [0.05, 0.1) is 37.4 Å². The minimum atomic E-state index is -1.38. The van der Waals surface area contributed by atoms with Crippen molar-refractivity contribution in [3.63, 3.8) is 0 Å². The number of hydrogen-bond acceptors (Lipinski definition) is 9. The SMILES string of the molecule is O=[N+]([O-])c1ccc(NC(Cl)c2ccc([N+](=O)[O-])cc2[N+](=O)[O-])c([N+](=O)[O-])c1. The van der Waals surface area contributed by atoms with Crippen LogP contribution in [0.15, 0.2) is 36.4 Å². The van der Waals surface area contributed by atoms with Gasteiger partial charge < -0.3 is 5.32 Å². The molecule has 27 heavy (non-hydrogen) atoms. The highest BCUT2D eigenvalue weighted by molar-refractivity contribution is 6.22. The number of alkyl halides is 1. The summed E-state index contributed by atoms with van der Waals surface area (Å²) in [4.78, 5) is 40.4. The van der Waals surface area contributed by atoms with E-state index in [0.29, 0.717) is 12.1 Å². The van der Waals surface area contributed by atoms with E-state index in [1.807, 2.05) is 0 Å². The maximum Gasteiger partial charge on any atom is 0.299 e. The molecule has 0 heterocycles. The Morgan fingerprint density at radius 1 is 0.741 bits per heavy atom. The Hall–Kier alpha value is -3.87. The van der Waals surface area contributed by atoms with Crippen molar-refractivity contribution in [3.8, 4) is 0 Å². The summed E-state index contributed by atoms with van der Waals surface area (Å²) < 4.78 is 0. The van der Waals surface area contributed by atoms with Crippen molar-refractivity contribution >= 4 is 40.0 Å². The Balaban J connectivity index is 2.44. The fourth-order valence-corrected chi connectivity index (χ4v) is 2.44. The lowest BCUT2D eigenvalue weighted by molar-refractivity contribution is -0.394. The molecule has 2 rings (SSSR count). The van der Waals surface area contributed by atoms with Crippen LogP contribution in [0.4, 0.5) is 28.4 Å². The standard InChI is InChI=1S/C13H8ClN5O8/c14-13(9-3-1-7(16(20)21)5-11(9)18(24)25)15-10-4-2-8(17(22)23)6-12(10)19(26)27/h1-6,13,15H. The molecule has 140 valence electrons. The molecule has 0 aliphatic rings. The second-order valence-corrected chi connectivity index (χ2v) is 5.42. The lowest BCUT2D eigenvalue weighted by Crippen LogP contribution is -2.09. The molecule has 0 aromatic heterocycles. The Morgan fingerprint density at radius 3 is 1.70 bits per heavy atom. The minimum Gasteiger partial charge on any atom is -0.360 e. The van der Waals surface area contributed by atoms with E-state index in [2.05, 4.69) is 5.32 Å². The van der Waals surface area contributed by atoms with Crippen LogP contribution in [-0.4, -0.2) is 19.7 Å². The van der Waals surface area contributed by atoms with Crippen molar-refractivity contribution in [1.29, 1.82) is 0 Å². The van der Waals surface area contributed by atoms with Crippen molar-refractivity contribution in [3.05, 3.63) is 82.4 Å². The average Bonchev–Trinajstić information content (AvgIpc) is 2.60. The van der Waals surface area contributed by atoms with Gasteiger partial charge in [-0.3, -0.25) is 40.5 Å². The molecule has 0 amide bonds. The van der Waals surface area contributed by atoms with Gasteiger partial charge in [-0.25, -0.2) is 0 Å². The predicted molar refractivity (Wildman–Crippen MR) is 91.7 cm³/mol. The number of nitrogens with one attached hydrogen (secondary N) is 1. The molecule has 2 aromatic rings. The van der Waals surface area contributed by atoms with Gasteiger partial charge in [0.1, 0.15) is 11.2 Å². The quantitative estimate of drug-likeness (QED) is 0.314. The van der Waals surface area contributed by atoms with Crippen LogP contribution in [0.3, 0.4) is 0 Å². The van der Waals surface area contributed by atoms with E-state index in [9.17, 15) is 40.5 Å².